The second kappa shape index (κ2) is 9.05. The van der Waals surface area contributed by atoms with Crippen LogP contribution in [0.25, 0.3) is 11.5 Å². The fourth-order valence-corrected chi connectivity index (χ4v) is 2.76. The Morgan fingerprint density at radius 3 is 2.48 bits per heavy atom. The SMILES string of the molecule is CCOC(=O)c1ccc(NC(=O)NCc2nc(-c3ccccc3C)oc2C)cc1. The van der Waals surface area contributed by atoms with E-state index in [4.69, 9.17) is 9.15 Å². The molecule has 2 amide bonds. The molecule has 0 aliphatic heterocycles. The highest BCUT2D eigenvalue weighted by Gasteiger charge is 2.14. The highest BCUT2D eigenvalue weighted by Crippen LogP contribution is 2.24. The van der Waals surface area contributed by atoms with Crippen LogP contribution >= 0.6 is 0 Å². The van der Waals surface area contributed by atoms with Gasteiger partial charge in [-0.1, -0.05) is 18.2 Å². The summed E-state index contributed by atoms with van der Waals surface area (Å²) < 4.78 is 10.7. The fourth-order valence-electron chi connectivity index (χ4n) is 2.76. The Morgan fingerprint density at radius 1 is 1.07 bits per heavy atom. The number of esters is 1. The summed E-state index contributed by atoms with van der Waals surface area (Å²) in [5.74, 6) is 0.796. The molecule has 0 saturated carbocycles. The lowest BCUT2D eigenvalue weighted by Gasteiger charge is -2.07. The van der Waals surface area contributed by atoms with Crippen molar-refractivity contribution in [3.8, 4) is 11.5 Å². The Balaban J connectivity index is 1.58. The largest absolute Gasteiger partial charge is 0.462 e. The molecule has 3 rings (SSSR count). The molecular weight excluding hydrogens is 370 g/mol. The number of carbonyl (C=O) groups excluding carboxylic acids is 2. The average Bonchev–Trinajstić information content (AvgIpc) is 3.08. The lowest BCUT2D eigenvalue weighted by atomic mass is 10.1. The van der Waals surface area contributed by atoms with E-state index in [1.54, 1.807) is 31.2 Å². The zero-order chi connectivity index (χ0) is 20.8. The zero-order valence-electron chi connectivity index (χ0n) is 16.6. The van der Waals surface area contributed by atoms with Crippen molar-refractivity contribution < 1.29 is 18.7 Å². The van der Waals surface area contributed by atoms with Crippen LogP contribution in [0.3, 0.4) is 0 Å². The van der Waals surface area contributed by atoms with Gasteiger partial charge in [0.15, 0.2) is 0 Å². The fraction of sp³-hybridized carbons (Fsp3) is 0.227. The predicted molar refractivity (Wildman–Crippen MR) is 110 cm³/mol. The highest BCUT2D eigenvalue weighted by atomic mass is 16.5. The van der Waals surface area contributed by atoms with Crippen molar-refractivity contribution in [3.05, 3.63) is 71.1 Å². The van der Waals surface area contributed by atoms with Gasteiger partial charge in [0.25, 0.3) is 0 Å². The van der Waals surface area contributed by atoms with Gasteiger partial charge in [0.2, 0.25) is 5.89 Å². The summed E-state index contributed by atoms with van der Waals surface area (Å²) in [7, 11) is 0. The molecule has 0 bridgehead atoms. The van der Waals surface area contributed by atoms with E-state index in [-0.39, 0.29) is 12.6 Å². The van der Waals surface area contributed by atoms with Gasteiger partial charge in [-0.05, 0) is 56.7 Å². The van der Waals surface area contributed by atoms with Crippen LogP contribution in [-0.4, -0.2) is 23.6 Å². The molecule has 1 heterocycles. The molecule has 0 aliphatic rings. The molecule has 3 aromatic rings. The molecule has 0 spiro atoms. The van der Waals surface area contributed by atoms with E-state index in [9.17, 15) is 9.59 Å². The number of ether oxygens (including phenoxy) is 1. The number of urea groups is 1. The van der Waals surface area contributed by atoms with Gasteiger partial charge in [0, 0.05) is 11.3 Å². The Morgan fingerprint density at radius 2 is 1.79 bits per heavy atom. The number of nitrogens with zero attached hydrogens (tertiary/aromatic N) is 1. The Kier molecular flexibility index (Phi) is 6.29. The van der Waals surface area contributed by atoms with E-state index in [0.717, 1.165) is 11.1 Å². The maximum atomic E-state index is 12.2. The summed E-state index contributed by atoms with van der Waals surface area (Å²) in [6.45, 7) is 6.10. The summed E-state index contributed by atoms with van der Waals surface area (Å²) in [5.41, 5.74) is 3.65. The van der Waals surface area contributed by atoms with Crippen LogP contribution in [0, 0.1) is 13.8 Å². The molecule has 0 fully saturated rings. The van der Waals surface area contributed by atoms with Crippen molar-refractivity contribution in [1.29, 1.82) is 0 Å². The standard InChI is InChI=1S/C22H23N3O4/c1-4-28-21(26)16-9-11-17(12-10-16)24-22(27)23-13-19-15(3)29-20(25-19)18-8-6-5-7-14(18)2/h5-12H,4,13H2,1-3H3,(H2,23,24,27). The molecule has 0 saturated heterocycles. The minimum absolute atomic E-state index is 0.230. The first-order chi connectivity index (χ1) is 14.0. The third-order valence-electron chi connectivity index (χ3n) is 4.34. The second-order valence-corrected chi connectivity index (χ2v) is 6.44. The number of hydrogen-bond acceptors (Lipinski definition) is 5. The van der Waals surface area contributed by atoms with Crippen LogP contribution in [0.15, 0.2) is 52.9 Å². The number of benzene rings is 2. The Hall–Kier alpha value is -3.61. The Labute approximate surface area is 169 Å². The molecule has 0 unspecified atom stereocenters. The minimum atomic E-state index is -0.394. The van der Waals surface area contributed by atoms with Gasteiger partial charge in [0.1, 0.15) is 11.5 Å². The van der Waals surface area contributed by atoms with Crippen molar-refractivity contribution in [1.82, 2.24) is 10.3 Å². The highest BCUT2D eigenvalue weighted by molar-refractivity contribution is 5.92. The van der Waals surface area contributed by atoms with Crippen LogP contribution in [-0.2, 0) is 11.3 Å². The zero-order valence-corrected chi connectivity index (χ0v) is 16.6. The summed E-state index contributed by atoms with van der Waals surface area (Å²) >= 11 is 0. The third-order valence-corrected chi connectivity index (χ3v) is 4.34. The Bertz CT molecular complexity index is 1010. The van der Waals surface area contributed by atoms with E-state index in [1.165, 1.54) is 0 Å². The lowest BCUT2D eigenvalue weighted by molar-refractivity contribution is 0.0526. The number of amides is 2. The van der Waals surface area contributed by atoms with Crippen molar-refractivity contribution in [3.63, 3.8) is 0 Å². The lowest BCUT2D eigenvalue weighted by Crippen LogP contribution is -2.28. The van der Waals surface area contributed by atoms with E-state index < -0.39 is 5.97 Å². The number of anilines is 1. The van der Waals surface area contributed by atoms with Crippen LogP contribution in [0.2, 0.25) is 0 Å². The topological polar surface area (TPSA) is 93.5 Å². The number of aromatic nitrogens is 1. The van der Waals surface area contributed by atoms with Gasteiger partial charge in [-0.3, -0.25) is 0 Å². The predicted octanol–water partition coefficient (Wildman–Crippen LogP) is 4.46. The molecule has 29 heavy (non-hydrogen) atoms. The van der Waals surface area contributed by atoms with Gasteiger partial charge in [-0.2, -0.15) is 0 Å². The number of carbonyl (C=O) groups is 2. The first-order valence-corrected chi connectivity index (χ1v) is 9.32. The molecule has 0 atom stereocenters. The van der Waals surface area contributed by atoms with E-state index in [0.29, 0.717) is 35.2 Å². The molecular formula is C22H23N3O4. The van der Waals surface area contributed by atoms with Crippen LogP contribution in [0.5, 0.6) is 0 Å². The number of rotatable bonds is 6. The molecule has 0 radical (unpaired) electrons. The van der Waals surface area contributed by atoms with Crippen molar-refractivity contribution in [2.75, 3.05) is 11.9 Å². The summed E-state index contributed by atoms with van der Waals surface area (Å²) in [4.78, 5) is 28.3. The molecule has 150 valence electrons. The summed E-state index contributed by atoms with van der Waals surface area (Å²) in [6, 6.07) is 13.9. The minimum Gasteiger partial charge on any atom is -0.462 e. The van der Waals surface area contributed by atoms with Crippen molar-refractivity contribution >= 4 is 17.7 Å². The molecule has 0 aliphatic carbocycles. The van der Waals surface area contributed by atoms with Crippen molar-refractivity contribution in [2.24, 2.45) is 0 Å². The maximum Gasteiger partial charge on any atom is 0.338 e. The van der Waals surface area contributed by atoms with Crippen LogP contribution in [0.1, 0.15) is 34.3 Å². The molecule has 2 N–H and O–H groups in total. The van der Waals surface area contributed by atoms with Gasteiger partial charge in [-0.25, -0.2) is 14.6 Å². The van der Waals surface area contributed by atoms with Crippen LogP contribution < -0.4 is 10.6 Å². The number of oxazole rings is 1. The maximum absolute atomic E-state index is 12.2. The van der Waals surface area contributed by atoms with Crippen molar-refractivity contribution in [2.45, 2.75) is 27.3 Å². The van der Waals surface area contributed by atoms with E-state index in [2.05, 4.69) is 15.6 Å². The average molecular weight is 393 g/mol. The third kappa shape index (κ3) is 5.01. The number of hydrogen-bond donors (Lipinski definition) is 2. The number of aryl methyl sites for hydroxylation is 2. The van der Waals surface area contributed by atoms with E-state index >= 15 is 0 Å². The smallest absolute Gasteiger partial charge is 0.338 e. The first-order valence-electron chi connectivity index (χ1n) is 9.32. The quantitative estimate of drug-likeness (QED) is 0.603. The van der Waals surface area contributed by atoms with Gasteiger partial charge in [0.05, 0.1) is 18.7 Å². The van der Waals surface area contributed by atoms with Gasteiger partial charge < -0.3 is 19.8 Å². The molecule has 7 heteroatoms. The van der Waals surface area contributed by atoms with Gasteiger partial charge >= 0.3 is 12.0 Å². The van der Waals surface area contributed by atoms with Gasteiger partial charge in [-0.15, -0.1) is 0 Å². The molecule has 7 nitrogen and oxygen atoms in total. The molecule has 2 aromatic carbocycles. The normalized spacial score (nSPS) is 10.4. The monoisotopic (exact) mass is 393 g/mol. The first kappa shape index (κ1) is 20.1. The summed E-state index contributed by atoms with van der Waals surface area (Å²) in [5, 5.41) is 5.48. The van der Waals surface area contributed by atoms with E-state index in [1.807, 2.05) is 38.1 Å². The summed E-state index contributed by atoms with van der Waals surface area (Å²) in [6.07, 6.45) is 0. The van der Waals surface area contributed by atoms with Crippen LogP contribution in [0.4, 0.5) is 10.5 Å². The molecule has 1 aromatic heterocycles. The second-order valence-electron chi connectivity index (χ2n) is 6.44. The number of nitrogens with one attached hydrogen (secondary N) is 2.